The van der Waals surface area contributed by atoms with Crippen molar-refractivity contribution in [3.63, 3.8) is 0 Å². The Labute approximate surface area is 148 Å². The van der Waals surface area contributed by atoms with Crippen LogP contribution in [0.25, 0.3) is 0 Å². The maximum Gasteiger partial charge on any atom is 0.255 e. The van der Waals surface area contributed by atoms with Gasteiger partial charge in [-0.25, -0.2) is 0 Å². The summed E-state index contributed by atoms with van der Waals surface area (Å²) in [5.74, 6) is 1.17. The second-order valence-electron chi connectivity index (χ2n) is 7.08. The van der Waals surface area contributed by atoms with Crippen LogP contribution in [0.3, 0.4) is 0 Å². The second kappa shape index (κ2) is 7.78. The summed E-state index contributed by atoms with van der Waals surface area (Å²) in [6, 6.07) is 10.1. The summed E-state index contributed by atoms with van der Waals surface area (Å²) in [7, 11) is 0. The number of carbonyl (C=O) groups is 1. The molecular formula is C19H25N3O3. The zero-order valence-corrected chi connectivity index (χ0v) is 14.8. The molecule has 1 amide bonds. The van der Waals surface area contributed by atoms with E-state index in [1.165, 1.54) is 0 Å². The van der Waals surface area contributed by atoms with E-state index >= 15 is 0 Å². The first-order valence-electron chi connectivity index (χ1n) is 8.81. The minimum atomic E-state index is -0.204. The number of hydrogen-bond donors (Lipinski definition) is 1. The highest BCUT2D eigenvalue weighted by Gasteiger charge is 2.25. The highest BCUT2D eigenvalue weighted by Crippen LogP contribution is 2.27. The predicted octanol–water partition coefficient (Wildman–Crippen LogP) is 2.95. The minimum Gasteiger partial charge on any atom is -0.368 e. The van der Waals surface area contributed by atoms with E-state index in [4.69, 9.17) is 9.26 Å². The van der Waals surface area contributed by atoms with Gasteiger partial charge in [-0.3, -0.25) is 4.79 Å². The van der Waals surface area contributed by atoms with Crippen molar-refractivity contribution < 1.29 is 14.1 Å². The summed E-state index contributed by atoms with van der Waals surface area (Å²) in [5.41, 5.74) is 0.953. The van der Waals surface area contributed by atoms with Crippen molar-refractivity contribution in [3.05, 3.63) is 47.6 Å². The Morgan fingerprint density at radius 3 is 2.84 bits per heavy atom. The summed E-state index contributed by atoms with van der Waals surface area (Å²) < 4.78 is 10.8. The lowest BCUT2D eigenvalue weighted by Gasteiger charge is -2.24. The lowest BCUT2D eigenvalue weighted by Crippen LogP contribution is -2.32. The van der Waals surface area contributed by atoms with Gasteiger partial charge in [0.05, 0.1) is 0 Å². The standard InChI is InChI=1S/C19H25N3O3/c1-19(2,14-7-4-3-5-8-14)13-17(23)20-11-10-16-21-18(25-22-16)15-9-6-12-24-15/h3-5,7-8,15H,6,9-13H2,1-2H3,(H,20,23)/t15-/m1/s1. The van der Waals surface area contributed by atoms with E-state index in [2.05, 4.69) is 41.4 Å². The van der Waals surface area contributed by atoms with Gasteiger partial charge in [0.2, 0.25) is 5.91 Å². The van der Waals surface area contributed by atoms with Gasteiger partial charge in [0, 0.05) is 26.0 Å². The van der Waals surface area contributed by atoms with Crippen LogP contribution >= 0.6 is 0 Å². The van der Waals surface area contributed by atoms with Gasteiger partial charge < -0.3 is 14.6 Å². The Morgan fingerprint density at radius 1 is 1.32 bits per heavy atom. The highest BCUT2D eigenvalue weighted by atomic mass is 16.5. The molecule has 1 N–H and O–H groups in total. The van der Waals surface area contributed by atoms with E-state index in [1.54, 1.807) is 0 Å². The fraction of sp³-hybridized carbons (Fsp3) is 0.526. The van der Waals surface area contributed by atoms with Crippen molar-refractivity contribution in [2.75, 3.05) is 13.2 Å². The molecule has 1 atom stereocenters. The zero-order valence-electron chi connectivity index (χ0n) is 14.8. The molecule has 0 radical (unpaired) electrons. The molecule has 0 saturated carbocycles. The normalized spacial score (nSPS) is 17.6. The molecule has 6 heteroatoms. The van der Waals surface area contributed by atoms with Gasteiger partial charge in [-0.15, -0.1) is 0 Å². The molecule has 2 aromatic rings. The SMILES string of the molecule is CC(C)(CC(=O)NCCc1noc([C@H]2CCCO2)n1)c1ccccc1. The van der Waals surface area contributed by atoms with E-state index in [-0.39, 0.29) is 17.4 Å². The third-order valence-electron chi connectivity index (χ3n) is 4.52. The van der Waals surface area contributed by atoms with E-state index in [1.807, 2.05) is 18.2 Å². The van der Waals surface area contributed by atoms with Crippen LogP contribution in [0.5, 0.6) is 0 Å². The van der Waals surface area contributed by atoms with Crippen molar-refractivity contribution in [1.82, 2.24) is 15.5 Å². The number of ether oxygens (including phenoxy) is 1. The summed E-state index contributed by atoms with van der Waals surface area (Å²) >= 11 is 0. The van der Waals surface area contributed by atoms with Crippen LogP contribution < -0.4 is 5.32 Å². The maximum absolute atomic E-state index is 12.2. The lowest BCUT2D eigenvalue weighted by molar-refractivity contribution is -0.122. The van der Waals surface area contributed by atoms with Gasteiger partial charge in [0.25, 0.3) is 5.89 Å². The van der Waals surface area contributed by atoms with Crippen LogP contribution in [0.15, 0.2) is 34.9 Å². The first-order valence-corrected chi connectivity index (χ1v) is 8.81. The van der Waals surface area contributed by atoms with E-state index in [0.29, 0.717) is 31.1 Å². The lowest BCUT2D eigenvalue weighted by atomic mass is 9.81. The maximum atomic E-state index is 12.2. The van der Waals surface area contributed by atoms with E-state index in [0.717, 1.165) is 25.0 Å². The van der Waals surface area contributed by atoms with Gasteiger partial charge in [-0.1, -0.05) is 49.3 Å². The number of nitrogens with one attached hydrogen (secondary N) is 1. The third kappa shape index (κ3) is 4.66. The molecule has 0 bridgehead atoms. The van der Waals surface area contributed by atoms with Crippen molar-refractivity contribution >= 4 is 5.91 Å². The number of benzene rings is 1. The summed E-state index contributed by atoms with van der Waals surface area (Å²) in [5, 5.41) is 6.91. The first kappa shape index (κ1) is 17.6. The summed E-state index contributed by atoms with van der Waals surface area (Å²) in [4.78, 5) is 16.6. The molecule has 1 fully saturated rings. The smallest absolute Gasteiger partial charge is 0.255 e. The van der Waals surface area contributed by atoms with E-state index < -0.39 is 0 Å². The molecule has 6 nitrogen and oxygen atoms in total. The fourth-order valence-electron chi connectivity index (χ4n) is 3.04. The predicted molar refractivity (Wildman–Crippen MR) is 93.0 cm³/mol. The molecule has 1 saturated heterocycles. The van der Waals surface area contributed by atoms with Gasteiger partial charge in [-0.05, 0) is 23.8 Å². The molecule has 0 spiro atoms. The topological polar surface area (TPSA) is 77.2 Å². The van der Waals surface area contributed by atoms with Crippen LogP contribution in [0.2, 0.25) is 0 Å². The Bertz CT molecular complexity index is 691. The molecule has 25 heavy (non-hydrogen) atoms. The zero-order chi connectivity index (χ0) is 17.7. The van der Waals surface area contributed by atoms with Crippen molar-refractivity contribution in [3.8, 4) is 0 Å². The molecule has 1 aliphatic heterocycles. The minimum absolute atomic E-state index is 0.0247. The number of rotatable bonds is 7. The molecule has 2 heterocycles. The van der Waals surface area contributed by atoms with Crippen molar-refractivity contribution in [2.45, 2.75) is 51.0 Å². The van der Waals surface area contributed by atoms with Crippen LogP contribution in [-0.4, -0.2) is 29.2 Å². The van der Waals surface area contributed by atoms with Crippen molar-refractivity contribution in [1.29, 1.82) is 0 Å². The Kier molecular flexibility index (Phi) is 5.48. The molecule has 1 aromatic heterocycles. The molecule has 1 aromatic carbocycles. The Balaban J connectivity index is 1.45. The monoisotopic (exact) mass is 343 g/mol. The highest BCUT2D eigenvalue weighted by molar-refractivity contribution is 5.77. The Hall–Kier alpha value is -2.21. The van der Waals surface area contributed by atoms with Crippen molar-refractivity contribution in [2.24, 2.45) is 0 Å². The average molecular weight is 343 g/mol. The van der Waals surface area contributed by atoms with Gasteiger partial charge in [0.1, 0.15) is 6.10 Å². The number of nitrogens with zero attached hydrogens (tertiary/aromatic N) is 2. The number of carbonyl (C=O) groups excluding carboxylic acids is 1. The van der Waals surface area contributed by atoms with Crippen LogP contribution in [0, 0.1) is 0 Å². The second-order valence-corrected chi connectivity index (χ2v) is 7.08. The van der Waals surface area contributed by atoms with Crippen LogP contribution in [0.4, 0.5) is 0 Å². The molecule has 0 aliphatic carbocycles. The Morgan fingerprint density at radius 2 is 2.12 bits per heavy atom. The molecule has 1 aliphatic rings. The quantitative estimate of drug-likeness (QED) is 0.836. The fourth-order valence-corrected chi connectivity index (χ4v) is 3.04. The molecule has 3 rings (SSSR count). The molecular weight excluding hydrogens is 318 g/mol. The third-order valence-corrected chi connectivity index (χ3v) is 4.52. The molecule has 0 unspecified atom stereocenters. The van der Waals surface area contributed by atoms with Gasteiger partial charge in [-0.2, -0.15) is 4.98 Å². The van der Waals surface area contributed by atoms with Crippen LogP contribution in [0.1, 0.15) is 56.5 Å². The van der Waals surface area contributed by atoms with Gasteiger partial charge in [0.15, 0.2) is 5.82 Å². The first-order chi connectivity index (χ1) is 12.0. The number of aromatic nitrogens is 2. The van der Waals surface area contributed by atoms with E-state index in [9.17, 15) is 4.79 Å². The number of amides is 1. The average Bonchev–Trinajstić information content (AvgIpc) is 3.26. The number of hydrogen-bond acceptors (Lipinski definition) is 5. The molecule has 134 valence electrons. The largest absolute Gasteiger partial charge is 0.368 e. The van der Waals surface area contributed by atoms with Gasteiger partial charge >= 0.3 is 0 Å². The summed E-state index contributed by atoms with van der Waals surface area (Å²) in [6.07, 6.45) is 2.86. The van der Waals surface area contributed by atoms with Crippen LogP contribution in [-0.2, 0) is 21.4 Å². The summed E-state index contributed by atoms with van der Waals surface area (Å²) in [6.45, 7) is 5.40.